The molecule has 0 unspecified atom stereocenters. The van der Waals surface area contributed by atoms with Gasteiger partial charge >= 0.3 is 0 Å². The van der Waals surface area contributed by atoms with E-state index in [9.17, 15) is 37.4 Å². The largest absolute Gasteiger partial charge is 0.393 e. The van der Waals surface area contributed by atoms with Crippen molar-refractivity contribution in [1.29, 1.82) is 0 Å². The number of pyridine rings is 1. The molecule has 2 aromatic carbocycles. The number of amides is 2. The van der Waals surface area contributed by atoms with Gasteiger partial charge in [0.1, 0.15) is 5.82 Å². The molecule has 2 heterocycles. The van der Waals surface area contributed by atoms with Crippen molar-refractivity contribution in [2.75, 3.05) is 23.4 Å². The van der Waals surface area contributed by atoms with Crippen LogP contribution in [-0.2, 0) is 5.60 Å². The van der Waals surface area contributed by atoms with E-state index in [0.717, 1.165) is 41.4 Å². The summed E-state index contributed by atoms with van der Waals surface area (Å²) in [5, 5.41) is 22.3. The van der Waals surface area contributed by atoms with E-state index >= 15 is 0 Å². The Morgan fingerprint density at radius 1 is 1.11 bits per heavy atom. The van der Waals surface area contributed by atoms with Gasteiger partial charge in [0.15, 0.2) is 17.2 Å². The summed E-state index contributed by atoms with van der Waals surface area (Å²) in [4.78, 5) is 30.3. The van der Waals surface area contributed by atoms with Crippen molar-refractivity contribution in [2.45, 2.75) is 17.9 Å². The first kappa shape index (κ1) is 26.8. The molecule has 0 bridgehead atoms. The molecule has 0 saturated carbocycles. The molecule has 0 fully saturated rings. The second-order valence-corrected chi connectivity index (χ2v) is 9.07. The van der Waals surface area contributed by atoms with Crippen molar-refractivity contribution in [2.24, 2.45) is 0 Å². The lowest BCUT2D eigenvalue weighted by Gasteiger charge is -2.33. The molecule has 0 radical (unpaired) electrons. The number of aromatic nitrogens is 1. The van der Waals surface area contributed by atoms with E-state index < -0.39 is 65.9 Å². The number of rotatable bonds is 4. The Bertz CT molecular complexity index is 1410. The number of nitrogens with one attached hydrogen (secondary N) is 1. The van der Waals surface area contributed by atoms with Crippen LogP contribution in [0, 0.1) is 11.6 Å². The van der Waals surface area contributed by atoms with E-state index in [1.54, 1.807) is 0 Å². The van der Waals surface area contributed by atoms with E-state index in [0.29, 0.717) is 0 Å². The minimum Gasteiger partial charge on any atom is -0.393 e. The summed E-state index contributed by atoms with van der Waals surface area (Å²) in [7, 11) is 0. The first-order chi connectivity index (χ1) is 17.4. The van der Waals surface area contributed by atoms with E-state index in [4.69, 9.17) is 23.2 Å². The van der Waals surface area contributed by atoms with Crippen LogP contribution in [0.5, 0.6) is 0 Å². The summed E-state index contributed by atoms with van der Waals surface area (Å²) >= 11 is 11.8. The number of hydrogen-bond donors (Lipinski definition) is 3. The molecule has 2 amide bonds. The molecule has 1 aromatic heterocycles. The zero-order valence-electron chi connectivity index (χ0n) is 18.6. The number of anilines is 2. The number of aliphatic hydroxyl groups is 2. The standard InChI is InChI=1S/C24H17Cl2F4N3O4/c25-13-1-4-19-16(8-13)23(37,11-34)24(29,30)5-6-33(19)22(36)12-7-18(28)20(31-10-12)32-21(35)15-9-14(27)2-3-17(15)26/h1-4,7-10,34,37H,5-6,11H2,(H,31,32,35)/t23-/m0/s1. The topological polar surface area (TPSA) is 103 Å². The van der Waals surface area contributed by atoms with Crippen LogP contribution >= 0.6 is 23.2 Å². The summed E-state index contributed by atoms with van der Waals surface area (Å²) in [5.41, 5.74) is -4.32. The summed E-state index contributed by atoms with van der Waals surface area (Å²) in [6.45, 7) is -1.95. The molecule has 194 valence electrons. The SMILES string of the molecule is O=C(Nc1ncc(C(=O)N2CCC(F)(F)[C@](O)(CO)c3cc(Cl)ccc32)cc1F)c1cc(F)ccc1Cl. The Balaban J connectivity index is 1.66. The van der Waals surface area contributed by atoms with Crippen molar-refractivity contribution in [3.63, 3.8) is 0 Å². The van der Waals surface area contributed by atoms with Crippen molar-refractivity contribution in [3.05, 3.63) is 87.0 Å². The van der Waals surface area contributed by atoms with Crippen LogP contribution in [0.1, 0.15) is 32.7 Å². The number of alkyl halides is 2. The molecule has 3 N–H and O–H groups in total. The average Bonchev–Trinajstić information content (AvgIpc) is 2.94. The first-order valence-electron chi connectivity index (χ1n) is 10.6. The number of fused-ring (bicyclic) bond motifs is 1. The highest BCUT2D eigenvalue weighted by molar-refractivity contribution is 6.34. The number of carbonyl (C=O) groups excluding carboxylic acids is 2. The third kappa shape index (κ3) is 4.87. The summed E-state index contributed by atoms with van der Waals surface area (Å²) < 4.78 is 58.0. The highest BCUT2D eigenvalue weighted by atomic mass is 35.5. The predicted octanol–water partition coefficient (Wildman–Crippen LogP) is 4.78. The minimum absolute atomic E-state index is 0.0260. The van der Waals surface area contributed by atoms with Crippen LogP contribution in [0.15, 0.2) is 48.7 Å². The zero-order chi connectivity index (χ0) is 27.1. The average molecular weight is 558 g/mol. The summed E-state index contributed by atoms with van der Waals surface area (Å²) in [6, 6.07) is 7.29. The van der Waals surface area contributed by atoms with E-state index in [1.807, 2.05) is 0 Å². The summed E-state index contributed by atoms with van der Waals surface area (Å²) in [6.07, 6.45) is -0.119. The van der Waals surface area contributed by atoms with Crippen LogP contribution in [0.3, 0.4) is 0 Å². The maximum Gasteiger partial charge on any atom is 0.284 e. The quantitative estimate of drug-likeness (QED) is 0.400. The molecule has 7 nitrogen and oxygen atoms in total. The van der Waals surface area contributed by atoms with Gasteiger partial charge in [0.2, 0.25) is 0 Å². The molecule has 37 heavy (non-hydrogen) atoms. The van der Waals surface area contributed by atoms with Crippen LogP contribution < -0.4 is 10.2 Å². The minimum atomic E-state index is -3.84. The first-order valence-corrected chi connectivity index (χ1v) is 11.4. The normalized spacial score (nSPS) is 18.6. The lowest BCUT2D eigenvalue weighted by molar-refractivity contribution is -0.205. The second-order valence-electron chi connectivity index (χ2n) is 8.22. The Hall–Kier alpha value is -3.25. The van der Waals surface area contributed by atoms with Crippen molar-refractivity contribution >= 4 is 46.5 Å². The number of hydrogen-bond acceptors (Lipinski definition) is 5. The summed E-state index contributed by atoms with van der Waals surface area (Å²) in [5.74, 6) is -8.23. The fraction of sp³-hybridized carbons (Fsp3) is 0.208. The van der Waals surface area contributed by atoms with Gasteiger partial charge in [-0.3, -0.25) is 9.59 Å². The van der Waals surface area contributed by atoms with Gasteiger partial charge in [0, 0.05) is 29.7 Å². The van der Waals surface area contributed by atoms with Gasteiger partial charge < -0.3 is 20.4 Å². The van der Waals surface area contributed by atoms with E-state index in [2.05, 4.69) is 10.3 Å². The van der Waals surface area contributed by atoms with Gasteiger partial charge in [-0.15, -0.1) is 0 Å². The number of benzene rings is 2. The number of nitrogens with zero attached hydrogens (tertiary/aromatic N) is 2. The molecular weight excluding hydrogens is 541 g/mol. The Morgan fingerprint density at radius 2 is 1.84 bits per heavy atom. The molecule has 0 saturated heterocycles. The Kier molecular flexibility index (Phi) is 7.17. The Labute approximate surface area is 217 Å². The predicted molar refractivity (Wildman–Crippen MR) is 127 cm³/mol. The van der Waals surface area contributed by atoms with Crippen LogP contribution in [0.4, 0.5) is 29.1 Å². The van der Waals surface area contributed by atoms with Crippen LogP contribution in [-0.4, -0.2) is 46.1 Å². The molecule has 13 heteroatoms. The lowest BCUT2D eigenvalue weighted by atomic mass is 9.86. The molecule has 0 aliphatic carbocycles. The van der Waals surface area contributed by atoms with Gasteiger partial charge in [0.05, 0.1) is 28.4 Å². The maximum absolute atomic E-state index is 14.9. The molecule has 3 aromatic rings. The smallest absolute Gasteiger partial charge is 0.284 e. The second kappa shape index (κ2) is 9.90. The maximum atomic E-state index is 14.9. The van der Waals surface area contributed by atoms with E-state index in [1.165, 1.54) is 12.1 Å². The number of halogens is 6. The van der Waals surface area contributed by atoms with E-state index in [-0.39, 0.29) is 26.9 Å². The highest BCUT2D eigenvalue weighted by Gasteiger charge is 2.56. The highest BCUT2D eigenvalue weighted by Crippen LogP contribution is 2.47. The van der Waals surface area contributed by atoms with Crippen molar-refractivity contribution in [3.8, 4) is 0 Å². The van der Waals surface area contributed by atoms with Gasteiger partial charge in [-0.1, -0.05) is 23.2 Å². The van der Waals surface area contributed by atoms with Crippen molar-refractivity contribution < 1.29 is 37.4 Å². The molecule has 0 spiro atoms. The third-order valence-electron chi connectivity index (χ3n) is 5.92. The lowest BCUT2D eigenvalue weighted by Crippen LogP contribution is -2.48. The number of carbonyl (C=O) groups is 2. The van der Waals surface area contributed by atoms with Gasteiger partial charge in [-0.05, 0) is 42.5 Å². The molecule has 1 aliphatic rings. The zero-order valence-corrected chi connectivity index (χ0v) is 20.1. The molecular formula is C24H17Cl2F4N3O4. The van der Waals surface area contributed by atoms with Crippen LogP contribution in [0.25, 0.3) is 0 Å². The molecule has 1 atom stereocenters. The van der Waals surface area contributed by atoms with Gasteiger partial charge in [0.25, 0.3) is 17.7 Å². The monoisotopic (exact) mass is 557 g/mol. The fourth-order valence-electron chi connectivity index (χ4n) is 3.91. The molecule has 4 rings (SSSR count). The fourth-order valence-corrected chi connectivity index (χ4v) is 4.29. The third-order valence-corrected chi connectivity index (χ3v) is 6.48. The van der Waals surface area contributed by atoms with Crippen molar-refractivity contribution in [1.82, 2.24) is 4.98 Å². The molecule has 1 aliphatic heterocycles. The van der Waals surface area contributed by atoms with Gasteiger partial charge in [-0.25, -0.2) is 22.5 Å². The van der Waals surface area contributed by atoms with Crippen LogP contribution in [0.2, 0.25) is 10.0 Å². The number of aliphatic hydroxyl groups excluding tert-OH is 1. The van der Waals surface area contributed by atoms with Gasteiger partial charge in [-0.2, -0.15) is 0 Å². The Morgan fingerprint density at radius 3 is 2.51 bits per heavy atom.